The van der Waals surface area contributed by atoms with E-state index in [9.17, 15) is 9.59 Å². The number of aromatic nitrogens is 4. The molecule has 0 bridgehead atoms. The average molecular weight is 540 g/mol. The van der Waals surface area contributed by atoms with E-state index in [1.54, 1.807) is 19.3 Å². The van der Waals surface area contributed by atoms with Crippen molar-refractivity contribution >= 4 is 39.9 Å². The number of fused-ring (bicyclic) bond motifs is 1. The predicted octanol–water partition coefficient (Wildman–Crippen LogP) is 5.35. The minimum absolute atomic E-state index is 0.0198. The van der Waals surface area contributed by atoms with E-state index in [-0.39, 0.29) is 17.7 Å². The molecule has 2 fully saturated rings. The molecule has 1 saturated carbocycles. The second-order valence-corrected chi connectivity index (χ2v) is 11.2. The SMILES string of the molecule is C=C(Cn1cc(C(C)=O)c2cc(Nc3cncnc3)ccc21)N1CC(C)C[C@H]1C(=O)Nc1cc(C2CC2C)no1. The zero-order valence-corrected chi connectivity index (χ0v) is 22.9. The highest BCUT2D eigenvalue weighted by molar-refractivity contribution is 6.07. The Morgan fingerprint density at radius 3 is 2.62 bits per heavy atom. The molecule has 4 atom stereocenters. The molecule has 10 nitrogen and oxygen atoms in total. The third-order valence-electron chi connectivity index (χ3n) is 7.95. The molecule has 1 amide bonds. The molecule has 1 saturated heterocycles. The van der Waals surface area contributed by atoms with E-state index in [2.05, 4.69) is 51.1 Å². The Bertz CT molecular complexity index is 1590. The lowest BCUT2D eigenvalue weighted by molar-refractivity contribution is -0.120. The molecule has 6 rings (SSSR count). The fourth-order valence-corrected chi connectivity index (χ4v) is 5.71. The van der Waals surface area contributed by atoms with Gasteiger partial charge in [0.05, 0.1) is 30.3 Å². The second kappa shape index (κ2) is 10.3. The zero-order chi connectivity index (χ0) is 28.0. The van der Waals surface area contributed by atoms with Crippen LogP contribution in [0.3, 0.4) is 0 Å². The van der Waals surface area contributed by atoms with Crippen molar-refractivity contribution in [3.63, 3.8) is 0 Å². The van der Waals surface area contributed by atoms with Crippen LogP contribution in [0.4, 0.5) is 17.3 Å². The molecule has 0 spiro atoms. The molecule has 4 aromatic rings. The highest BCUT2D eigenvalue weighted by Gasteiger charge is 2.38. The number of benzene rings is 1. The number of anilines is 3. The Morgan fingerprint density at radius 2 is 1.90 bits per heavy atom. The van der Waals surface area contributed by atoms with Gasteiger partial charge in [-0.25, -0.2) is 9.97 Å². The molecule has 2 aliphatic rings. The number of ketones is 1. The van der Waals surface area contributed by atoms with Gasteiger partial charge in [-0.1, -0.05) is 25.6 Å². The number of hydrogen-bond acceptors (Lipinski definition) is 8. The Morgan fingerprint density at radius 1 is 1.12 bits per heavy atom. The Balaban J connectivity index is 1.20. The van der Waals surface area contributed by atoms with E-state index in [4.69, 9.17) is 4.52 Å². The van der Waals surface area contributed by atoms with Crippen LogP contribution in [0.1, 0.15) is 55.6 Å². The van der Waals surface area contributed by atoms with E-state index in [0.29, 0.717) is 35.7 Å². The van der Waals surface area contributed by atoms with Crippen molar-refractivity contribution in [1.82, 2.24) is 24.6 Å². The number of allylic oxidation sites excluding steroid dienone is 1. The standard InChI is InChI=1S/C30H33N7O3/c1-17-7-28(30(39)34-29-10-26(35-40-29)23-8-18(23)2)37(13-17)19(3)14-36-15-25(20(4)38)24-9-21(5-6-27(24)36)33-22-11-31-16-32-12-22/h5-6,9-12,15-18,23,28,33H,3,7-8,13-14H2,1-2,4H3,(H,34,39)/t17?,18?,23?,28-/m0/s1. The molecule has 3 aromatic heterocycles. The first-order valence-electron chi connectivity index (χ1n) is 13.6. The fourth-order valence-electron chi connectivity index (χ4n) is 5.71. The van der Waals surface area contributed by atoms with Crippen LogP contribution < -0.4 is 10.6 Å². The van der Waals surface area contributed by atoms with Crippen LogP contribution in [0, 0.1) is 11.8 Å². The predicted molar refractivity (Wildman–Crippen MR) is 152 cm³/mol. The van der Waals surface area contributed by atoms with E-state index in [0.717, 1.165) is 53.1 Å². The maximum absolute atomic E-state index is 13.3. The van der Waals surface area contributed by atoms with Crippen molar-refractivity contribution in [1.29, 1.82) is 0 Å². The summed E-state index contributed by atoms with van der Waals surface area (Å²) in [5, 5.41) is 11.2. The first-order chi connectivity index (χ1) is 19.3. The molecule has 1 aromatic carbocycles. The summed E-state index contributed by atoms with van der Waals surface area (Å²) in [5.41, 5.74) is 4.85. The van der Waals surface area contributed by atoms with Gasteiger partial charge in [0.2, 0.25) is 11.8 Å². The van der Waals surface area contributed by atoms with Crippen LogP contribution in [-0.4, -0.2) is 48.9 Å². The number of rotatable bonds is 9. The van der Waals surface area contributed by atoms with Crippen molar-refractivity contribution in [3.8, 4) is 0 Å². The first kappa shape index (κ1) is 25.8. The van der Waals surface area contributed by atoms with Crippen LogP contribution in [0.25, 0.3) is 10.9 Å². The average Bonchev–Trinajstić information content (AvgIpc) is 3.26. The van der Waals surface area contributed by atoms with E-state index in [1.165, 1.54) is 6.33 Å². The van der Waals surface area contributed by atoms with Crippen molar-refractivity contribution in [2.24, 2.45) is 11.8 Å². The number of amides is 1. The van der Waals surface area contributed by atoms with Crippen LogP contribution in [0.15, 0.2) is 66.0 Å². The largest absolute Gasteiger partial charge is 0.362 e. The number of Topliss-reactive ketones (excluding diaryl/α,β-unsaturated/α-hetero) is 1. The quantitative estimate of drug-likeness (QED) is 0.273. The lowest BCUT2D eigenvalue weighted by Crippen LogP contribution is -2.39. The second-order valence-electron chi connectivity index (χ2n) is 11.2. The first-order valence-corrected chi connectivity index (χ1v) is 13.6. The van der Waals surface area contributed by atoms with Crippen molar-refractivity contribution in [2.75, 3.05) is 17.2 Å². The van der Waals surface area contributed by atoms with Gasteiger partial charge in [-0.3, -0.25) is 14.9 Å². The number of carbonyl (C=O) groups is 2. The minimum atomic E-state index is -0.367. The summed E-state index contributed by atoms with van der Waals surface area (Å²) in [5.74, 6) is 1.60. The van der Waals surface area contributed by atoms with Gasteiger partial charge < -0.3 is 19.3 Å². The molecule has 3 unspecified atom stereocenters. The molecule has 4 heterocycles. The fraction of sp³-hybridized carbons (Fsp3) is 0.367. The molecule has 10 heteroatoms. The lowest BCUT2D eigenvalue weighted by Gasteiger charge is -2.28. The highest BCUT2D eigenvalue weighted by atomic mass is 16.5. The summed E-state index contributed by atoms with van der Waals surface area (Å²) in [6, 6.07) is 7.38. The number of nitrogens with one attached hydrogen (secondary N) is 2. The number of nitrogens with zero attached hydrogens (tertiary/aromatic N) is 5. The molecule has 2 N–H and O–H groups in total. The van der Waals surface area contributed by atoms with Crippen molar-refractivity contribution < 1.29 is 14.1 Å². The number of likely N-dealkylation sites (tertiary alicyclic amines) is 1. The molecule has 1 aliphatic carbocycles. The van der Waals surface area contributed by atoms with Gasteiger partial charge in [0.15, 0.2) is 5.78 Å². The zero-order valence-electron chi connectivity index (χ0n) is 22.9. The van der Waals surface area contributed by atoms with E-state index < -0.39 is 0 Å². The Labute approximate surface area is 232 Å². The van der Waals surface area contributed by atoms with E-state index in [1.807, 2.05) is 35.0 Å². The highest BCUT2D eigenvalue weighted by Crippen LogP contribution is 2.46. The van der Waals surface area contributed by atoms with Gasteiger partial charge in [0.25, 0.3) is 0 Å². The van der Waals surface area contributed by atoms with Gasteiger partial charge >= 0.3 is 0 Å². The number of hydrogen-bond donors (Lipinski definition) is 2. The topological polar surface area (TPSA) is 118 Å². The van der Waals surface area contributed by atoms with Crippen LogP contribution in [0.5, 0.6) is 0 Å². The van der Waals surface area contributed by atoms with Crippen LogP contribution >= 0.6 is 0 Å². The van der Waals surface area contributed by atoms with Crippen LogP contribution in [-0.2, 0) is 11.3 Å². The molecule has 206 valence electrons. The summed E-state index contributed by atoms with van der Waals surface area (Å²) in [6.45, 7) is 11.4. The smallest absolute Gasteiger partial charge is 0.249 e. The monoisotopic (exact) mass is 539 g/mol. The Hall–Kier alpha value is -4.47. The van der Waals surface area contributed by atoms with Gasteiger partial charge in [0.1, 0.15) is 12.4 Å². The summed E-state index contributed by atoms with van der Waals surface area (Å²) in [4.78, 5) is 36.0. The molecule has 1 aliphatic heterocycles. The summed E-state index contributed by atoms with van der Waals surface area (Å²) < 4.78 is 7.44. The van der Waals surface area contributed by atoms with E-state index >= 15 is 0 Å². The molecule has 0 radical (unpaired) electrons. The number of carbonyl (C=O) groups excluding carboxylic acids is 2. The maximum Gasteiger partial charge on any atom is 0.249 e. The van der Waals surface area contributed by atoms with Crippen molar-refractivity contribution in [2.45, 2.75) is 52.1 Å². The maximum atomic E-state index is 13.3. The molecular weight excluding hydrogens is 506 g/mol. The molecular formula is C30H33N7O3. The third-order valence-corrected chi connectivity index (χ3v) is 7.95. The lowest BCUT2D eigenvalue weighted by atomic mass is 10.1. The summed E-state index contributed by atoms with van der Waals surface area (Å²) in [6.07, 6.45) is 8.55. The van der Waals surface area contributed by atoms with Gasteiger partial charge in [-0.2, -0.15) is 0 Å². The Kier molecular flexibility index (Phi) is 6.61. The van der Waals surface area contributed by atoms with Crippen molar-refractivity contribution in [3.05, 3.63) is 72.7 Å². The van der Waals surface area contributed by atoms with Crippen LogP contribution in [0.2, 0.25) is 0 Å². The molecule has 40 heavy (non-hydrogen) atoms. The van der Waals surface area contributed by atoms with Gasteiger partial charge in [-0.05, 0) is 49.8 Å². The summed E-state index contributed by atoms with van der Waals surface area (Å²) in [7, 11) is 0. The summed E-state index contributed by atoms with van der Waals surface area (Å²) >= 11 is 0. The normalized spacial score (nSPS) is 21.9. The van der Waals surface area contributed by atoms with Gasteiger partial charge in [-0.15, -0.1) is 0 Å². The third kappa shape index (κ3) is 5.09. The minimum Gasteiger partial charge on any atom is -0.362 e. The van der Waals surface area contributed by atoms with Gasteiger partial charge in [0, 0.05) is 52.6 Å².